The fraction of sp³-hybridized carbons (Fsp3) is 0.944. The Hall–Kier alpha value is -0.610. The molecule has 2 bridgehead atoms. The number of carbonyl (C=O) groups excluding carboxylic acids is 1. The summed E-state index contributed by atoms with van der Waals surface area (Å²) in [6.45, 7) is 11.5. The van der Waals surface area contributed by atoms with Crippen LogP contribution in [-0.4, -0.2) is 29.9 Å². The smallest absolute Gasteiger partial charge is 0.223 e. The summed E-state index contributed by atoms with van der Waals surface area (Å²) in [7, 11) is 0. The van der Waals surface area contributed by atoms with Gasteiger partial charge in [-0.3, -0.25) is 4.79 Å². The second-order valence-electron chi connectivity index (χ2n) is 8.49. The van der Waals surface area contributed by atoms with Gasteiger partial charge in [0.2, 0.25) is 5.91 Å². The van der Waals surface area contributed by atoms with Crippen LogP contribution < -0.4 is 5.32 Å². The Balaban J connectivity index is 1.78. The van der Waals surface area contributed by atoms with Gasteiger partial charge in [-0.25, -0.2) is 0 Å². The average molecular weight is 309 g/mol. The predicted molar refractivity (Wildman–Crippen MR) is 85.3 cm³/mol. The third-order valence-corrected chi connectivity index (χ3v) is 6.26. The monoisotopic (exact) mass is 309 g/mol. The molecule has 1 amide bonds. The van der Waals surface area contributed by atoms with Gasteiger partial charge in [-0.2, -0.15) is 0 Å². The van der Waals surface area contributed by atoms with Crippen molar-refractivity contribution in [1.29, 1.82) is 0 Å². The minimum Gasteiger partial charge on any atom is -0.356 e. The summed E-state index contributed by atoms with van der Waals surface area (Å²) in [5.41, 5.74) is -0.179. The highest BCUT2D eigenvalue weighted by Gasteiger charge is 2.71. The molecule has 3 saturated carbocycles. The molecule has 0 aromatic rings. The van der Waals surface area contributed by atoms with Crippen LogP contribution in [-0.2, 0) is 14.3 Å². The van der Waals surface area contributed by atoms with Gasteiger partial charge in [0.25, 0.3) is 0 Å². The van der Waals surface area contributed by atoms with Gasteiger partial charge in [0, 0.05) is 6.54 Å². The van der Waals surface area contributed by atoms with Crippen LogP contribution >= 0.6 is 0 Å². The molecule has 4 rings (SSSR count). The van der Waals surface area contributed by atoms with Crippen LogP contribution in [0.15, 0.2) is 0 Å². The highest BCUT2D eigenvalue weighted by atomic mass is 16.8. The number of hydrogen-bond donors (Lipinski definition) is 1. The lowest BCUT2D eigenvalue weighted by molar-refractivity contribution is -0.230. The molecule has 3 unspecified atom stereocenters. The van der Waals surface area contributed by atoms with Crippen molar-refractivity contribution in [2.24, 2.45) is 17.3 Å². The van der Waals surface area contributed by atoms with Crippen molar-refractivity contribution in [3.63, 3.8) is 0 Å². The summed E-state index contributed by atoms with van der Waals surface area (Å²) >= 11 is 0. The molecule has 4 aliphatic rings. The van der Waals surface area contributed by atoms with Gasteiger partial charge in [-0.05, 0) is 50.4 Å². The van der Waals surface area contributed by atoms with Crippen molar-refractivity contribution in [1.82, 2.24) is 5.32 Å². The summed E-state index contributed by atoms with van der Waals surface area (Å²) in [5, 5.41) is 3.06. The minimum atomic E-state index is -0.581. The van der Waals surface area contributed by atoms with Crippen LogP contribution in [0.1, 0.15) is 66.7 Å². The van der Waals surface area contributed by atoms with Gasteiger partial charge < -0.3 is 14.8 Å². The predicted octanol–water partition coefficient (Wildman–Crippen LogP) is 3.25. The molecule has 1 heterocycles. The molecule has 0 aromatic heterocycles. The van der Waals surface area contributed by atoms with E-state index in [1.807, 2.05) is 13.8 Å². The standard InChI is InChI=1S/C18H31NO3/c1-6-7-8-19-15(20)11-18-13-9-12(16(13,2)3)10-14(18)21-17(4,5)22-18/h12-14H,6-11H2,1-5H3,(H,19,20)/t12?,13?,14?,18-/m1/s1. The van der Waals surface area contributed by atoms with Crippen molar-refractivity contribution in [2.75, 3.05) is 6.54 Å². The van der Waals surface area contributed by atoms with Crippen LogP contribution in [0, 0.1) is 17.3 Å². The van der Waals surface area contributed by atoms with E-state index in [1.165, 1.54) is 6.42 Å². The Morgan fingerprint density at radius 2 is 1.95 bits per heavy atom. The van der Waals surface area contributed by atoms with Gasteiger partial charge in [0.1, 0.15) is 5.60 Å². The quantitative estimate of drug-likeness (QED) is 0.793. The highest BCUT2D eigenvalue weighted by molar-refractivity contribution is 5.77. The number of amides is 1. The fourth-order valence-corrected chi connectivity index (χ4v) is 5.03. The van der Waals surface area contributed by atoms with Crippen LogP contribution in [0.25, 0.3) is 0 Å². The summed E-state index contributed by atoms with van der Waals surface area (Å²) < 4.78 is 12.6. The number of ether oxygens (including phenoxy) is 2. The number of nitrogens with one attached hydrogen (secondary N) is 1. The maximum absolute atomic E-state index is 12.5. The van der Waals surface area contributed by atoms with Gasteiger partial charge in [0.15, 0.2) is 5.79 Å². The Morgan fingerprint density at radius 3 is 2.59 bits per heavy atom. The molecule has 4 heteroatoms. The molecule has 4 atom stereocenters. The SMILES string of the molecule is CCCCNC(=O)C[C@]12OC(C)(C)OC1CC1CC2C1(C)C. The maximum Gasteiger partial charge on any atom is 0.223 e. The average Bonchev–Trinajstić information content (AvgIpc) is 2.67. The Morgan fingerprint density at radius 1 is 1.23 bits per heavy atom. The summed E-state index contributed by atoms with van der Waals surface area (Å²) in [6.07, 6.45) is 4.82. The van der Waals surface area contributed by atoms with Crippen LogP contribution in [0.2, 0.25) is 0 Å². The first-order valence-corrected chi connectivity index (χ1v) is 8.86. The van der Waals surface area contributed by atoms with Crippen molar-refractivity contribution in [2.45, 2.75) is 84.2 Å². The normalized spacial score (nSPS) is 40.7. The number of hydrogen-bond acceptors (Lipinski definition) is 3. The van der Waals surface area contributed by atoms with E-state index in [-0.39, 0.29) is 17.4 Å². The molecule has 1 aliphatic heterocycles. The molecule has 3 aliphatic carbocycles. The molecule has 0 spiro atoms. The lowest BCUT2D eigenvalue weighted by atomic mass is 9.43. The number of rotatable bonds is 5. The zero-order chi connectivity index (χ0) is 16.2. The zero-order valence-corrected chi connectivity index (χ0v) is 14.7. The van der Waals surface area contributed by atoms with E-state index in [9.17, 15) is 4.79 Å². The third-order valence-electron chi connectivity index (χ3n) is 6.26. The third kappa shape index (κ3) is 2.39. The lowest BCUT2D eigenvalue weighted by Crippen LogP contribution is -2.67. The maximum atomic E-state index is 12.5. The molecule has 1 saturated heterocycles. The van der Waals surface area contributed by atoms with Crippen molar-refractivity contribution >= 4 is 5.91 Å². The van der Waals surface area contributed by atoms with Crippen molar-refractivity contribution in [3.05, 3.63) is 0 Å². The van der Waals surface area contributed by atoms with E-state index in [4.69, 9.17) is 9.47 Å². The van der Waals surface area contributed by atoms with Crippen LogP contribution in [0.5, 0.6) is 0 Å². The Bertz CT molecular complexity index is 459. The summed E-state index contributed by atoms with van der Waals surface area (Å²) in [6, 6.07) is 0. The molecular formula is C18H31NO3. The van der Waals surface area contributed by atoms with E-state index >= 15 is 0 Å². The van der Waals surface area contributed by atoms with E-state index in [0.29, 0.717) is 18.3 Å². The van der Waals surface area contributed by atoms with Gasteiger partial charge >= 0.3 is 0 Å². The van der Waals surface area contributed by atoms with E-state index < -0.39 is 11.4 Å². The van der Waals surface area contributed by atoms with Gasteiger partial charge in [-0.15, -0.1) is 0 Å². The Kier molecular flexibility index (Phi) is 3.84. The van der Waals surface area contributed by atoms with Crippen LogP contribution in [0.3, 0.4) is 0 Å². The second kappa shape index (κ2) is 5.20. The van der Waals surface area contributed by atoms with E-state index in [2.05, 4.69) is 26.1 Å². The lowest BCUT2D eigenvalue weighted by Gasteiger charge is -2.64. The number of carbonyl (C=O) groups is 1. The second-order valence-corrected chi connectivity index (χ2v) is 8.49. The molecule has 4 fully saturated rings. The van der Waals surface area contributed by atoms with E-state index in [0.717, 1.165) is 25.8 Å². The number of unbranched alkanes of at least 4 members (excludes halogenated alkanes) is 1. The molecule has 126 valence electrons. The first-order chi connectivity index (χ1) is 10.2. The largest absolute Gasteiger partial charge is 0.356 e. The van der Waals surface area contributed by atoms with Crippen LogP contribution in [0.4, 0.5) is 0 Å². The molecule has 0 aromatic carbocycles. The van der Waals surface area contributed by atoms with Gasteiger partial charge in [0.05, 0.1) is 12.5 Å². The zero-order valence-electron chi connectivity index (χ0n) is 14.7. The Labute approximate surface area is 134 Å². The van der Waals surface area contributed by atoms with Crippen molar-refractivity contribution < 1.29 is 14.3 Å². The fourth-order valence-electron chi connectivity index (χ4n) is 5.03. The molecule has 4 nitrogen and oxygen atoms in total. The molecule has 1 N–H and O–H groups in total. The summed E-state index contributed by atoms with van der Waals surface area (Å²) in [5.74, 6) is 0.654. The molecular weight excluding hydrogens is 278 g/mol. The van der Waals surface area contributed by atoms with Crippen molar-refractivity contribution in [3.8, 4) is 0 Å². The first kappa shape index (κ1) is 16.3. The van der Waals surface area contributed by atoms with E-state index in [1.54, 1.807) is 0 Å². The minimum absolute atomic E-state index is 0.0659. The van der Waals surface area contributed by atoms with Gasteiger partial charge in [-0.1, -0.05) is 27.2 Å². The summed E-state index contributed by atoms with van der Waals surface area (Å²) in [4.78, 5) is 12.5. The topological polar surface area (TPSA) is 47.6 Å². The first-order valence-electron chi connectivity index (χ1n) is 8.86. The highest BCUT2D eigenvalue weighted by Crippen LogP contribution is 2.67. The molecule has 22 heavy (non-hydrogen) atoms. The molecule has 0 radical (unpaired) electrons.